The van der Waals surface area contributed by atoms with Gasteiger partial charge in [0.05, 0.1) is 17.1 Å². The number of aromatic nitrogens is 2. The second-order valence-corrected chi connectivity index (χ2v) is 7.81. The zero-order chi connectivity index (χ0) is 22.0. The van der Waals surface area contributed by atoms with Crippen molar-refractivity contribution in [3.8, 4) is 28.2 Å². The number of rotatable bonds is 3. The summed E-state index contributed by atoms with van der Waals surface area (Å²) in [5.41, 5.74) is 8.08. The number of hydrogen-bond acceptors (Lipinski definition) is 3. The molecule has 0 radical (unpaired) electrons. The molecule has 0 fully saturated rings. The van der Waals surface area contributed by atoms with Gasteiger partial charge >= 0.3 is 0 Å². The number of aliphatic hydroxyl groups excluding tert-OH is 1. The first-order valence-electron chi connectivity index (χ1n) is 9.98. The lowest BCUT2D eigenvalue weighted by molar-refractivity contribution is 0.399. The molecule has 4 nitrogen and oxygen atoms in total. The van der Waals surface area contributed by atoms with E-state index in [9.17, 15) is 4.39 Å². The van der Waals surface area contributed by atoms with Gasteiger partial charge in [-0.3, -0.25) is 0 Å². The first-order valence-corrected chi connectivity index (χ1v) is 10.4. The van der Waals surface area contributed by atoms with E-state index in [0.29, 0.717) is 10.6 Å². The van der Waals surface area contributed by atoms with Gasteiger partial charge < -0.3 is 10.4 Å². The third kappa shape index (κ3) is 4.26. The molecule has 1 aliphatic heterocycles. The quantitative estimate of drug-likeness (QED) is 0.445. The molecule has 1 aliphatic rings. The van der Waals surface area contributed by atoms with E-state index in [4.69, 9.17) is 21.8 Å². The summed E-state index contributed by atoms with van der Waals surface area (Å²) in [5.74, 6) is -0.365. The van der Waals surface area contributed by atoms with E-state index >= 15 is 0 Å². The highest BCUT2D eigenvalue weighted by atomic mass is 35.5. The average Bonchev–Trinajstić information content (AvgIpc) is 3.42. The van der Waals surface area contributed by atoms with E-state index in [-0.39, 0.29) is 5.82 Å². The minimum absolute atomic E-state index is 0.364. The van der Waals surface area contributed by atoms with E-state index < -0.39 is 0 Å². The van der Waals surface area contributed by atoms with Gasteiger partial charge in [-0.25, -0.2) is 9.07 Å². The molecule has 0 saturated carbocycles. The third-order valence-electron chi connectivity index (χ3n) is 5.28. The zero-order valence-corrected chi connectivity index (χ0v) is 18.1. The summed E-state index contributed by atoms with van der Waals surface area (Å²) in [6.07, 6.45) is 0. The second-order valence-electron chi connectivity index (χ2n) is 7.37. The molecular weight excluding hydrogens is 413 g/mol. The average molecular weight is 436 g/mol. The van der Waals surface area contributed by atoms with Crippen molar-refractivity contribution >= 4 is 11.6 Å². The molecule has 4 aromatic rings. The van der Waals surface area contributed by atoms with Crippen LogP contribution < -0.4 is 5.32 Å². The Bertz CT molecular complexity index is 1220. The molecule has 158 valence electrons. The van der Waals surface area contributed by atoms with Crippen molar-refractivity contribution in [2.45, 2.75) is 20.0 Å². The Hall–Kier alpha value is -2.99. The van der Waals surface area contributed by atoms with Crippen molar-refractivity contribution < 1.29 is 9.50 Å². The number of aliphatic hydroxyl groups is 1. The predicted octanol–water partition coefficient (Wildman–Crippen LogP) is 5.52. The van der Waals surface area contributed by atoms with Crippen molar-refractivity contribution in [3.63, 3.8) is 0 Å². The Balaban J connectivity index is 0.00000112. The van der Waals surface area contributed by atoms with Crippen molar-refractivity contribution in [3.05, 3.63) is 94.3 Å². The standard InChI is InChI=1S/C24H19ClFN3.CH4O/c1-15-4-2-6-20(8-15)29-24(17-9-18(25)11-19(26)10-17)12-23(28-29)21-7-3-5-16-13-27-14-22(16)21;1-2/h2-12,27H,13-14H2,1H3;2H,1H3. The van der Waals surface area contributed by atoms with Crippen LogP contribution in [0.15, 0.2) is 66.7 Å². The van der Waals surface area contributed by atoms with Gasteiger partial charge in [-0.2, -0.15) is 5.10 Å². The summed E-state index contributed by atoms with van der Waals surface area (Å²) in [4.78, 5) is 0. The predicted molar refractivity (Wildman–Crippen MR) is 123 cm³/mol. The topological polar surface area (TPSA) is 50.1 Å². The first-order chi connectivity index (χ1) is 15.1. The maximum absolute atomic E-state index is 14.1. The summed E-state index contributed by atoms with van der Waals surface area (Å²) in [5, 5.41) is 15.7. The molecule has 0 bridgehead atoms. The van der Waals surface area contributed by atoms with Crippen LogP contribution in [0.1, 0.15) is 16.7 Å². The third-order valence-corrected chi connectivity index (χ3v) is 5.50. The normalized spacial score (nSPS) is 12.3. The van der Waals surface area contributed by atoms with Gasteiger partial charge in [0, 0.05) is 36.3 Å². The SMILES string of the molecule is CO.Cc1cccc(-n2nc(-c3cccc4c3CNC4)cc2-c2cc(F)cc(Cl)c2)c1. The molecule has 0 amide bonds. The Morgan fingerprint density at radius 2 is 1.81 bits per heavy atom. The van der Waals surface area contributed by atoms with Crippen LogP contribution in [0, 0.1) is 12.7 Å². The Morgan fingerprint density at radius 1 is 1.00 bits per heavy atom. The molecule has 0 saturated heterocycles. The van der Waals surface area contributed by atoms with Gasteiger partial charge in [0.15, 0.2) is 0 Å². The van der Waals surface area contributed by atoms with Gasteiger partial charge in [-0.1, -0.05) is 41.9 Å². The summed E-state index contributed by atoms with van der Waals surface area (Å²) < 4.78 is 16.0. The highest BCUT2D eigenvalue weighted by molar-refractivity contribution is 6.30. The molecule has 2 heterocycles. The van der Waals surface area contributed by atoms with Crippen LogP contribution in [0.5, 0.6) is 0 Å². The molecule has 2 N–H and O–H groups in total. The van der Waals surface area contributed by atoms with Gasteiger partial charge in [0.25, 0.3) is 0 Å². The summed E-state index contributed by atoms with van der Waals surface area (Å²) >= 11 is 6.15. The largest absolute Gasteiger partial charge is 0.400 e. The molecule has 0 unspecified atom stereocenters. The molecule has 31 heavy (non-hydrogen) atoms. The van der Waals surface area contributed by atoms with Crippen LogP contribution in [-0.2, 0) is 13.1 Å². The second kappa shape index (κ2) is 9.02. The van der Waals surface area contributed by atoms with Gasteiger partial charge in [-0.05, 0) is 60.0 Å². The summed E-state index contributed by atoms with van der Waals surface area (Å²) in [7, 11) is 1.00. The number of nitrogens with one attached hydrogen (secondary N) is 1. The van der Waals surface area contributed by atoms with E-state index in [1.54, 1.807) is 6.07 Å². The smallest absolute Gasteiger partial charge is 0.125 e. The number of halogens is 2. The fraction of sp³-hybridized carbons (Fsp3) is 0.160. The molecule has 5 rings (SSSR count). The Morgan fingerprint density at radius 3 is 2.58 bits per heavy atom. The van der Waals surface area contributed by atoms with E-state index in [0.717, 1.165) is 48.4 Å². The summed E-state index contributed by atoms with van der Waals surface area (Å²) in [6, 6.07) is 21.0. The van der Waals surface area contributed by atoms with E-state index in [2.05, 4.69) is 29.6 Å². The number of aryl methyl sites for hydroxylation is 1. The lowest BCUT2D eigenvalue weighted by Gasteiger charge is -2.09. The molecule has 0 spiro atoms. The number of benzene rings is 3. The maximum Gasteiger partial charge on any atom is 0.125 e. The Labute approximate surface area is 185 Å². The highest BCUT2D eigenvalue weighted by Crippen LogP contribution is 2.34. The van der Waals surface area contributed by atoms with Crippen LogP contribution in [0.2, 0.25) is 5.02 Å². The monoisotopic (exact) mass is 435 g/mol. The molecule has 0 aliphatic carbocycles. The van der Waals surface area contributed by atoms with Crippen molar-refractivity contribution in [2.75, 3.05) is 7.11 Å². The van der Waals surface area contributed by atoms with E-state index in [1.165, 1.54) is 23.3 Å². The van der Waals surface area contributed by atoms with Gasteiger partial charge in [0.1, 0.15) is 5.82 Å². The molecular formula is C25H23ClFN3O. The molecule has 6 heteroatoms. The van der Waals surface area contributed by atoms with Crippen LogP contribution >= 0.6 is 11.6 Å². The Kier molecular flexibility index (Phi) is 6.18. The van der Waals surface area contributed by atoms with Crippen LogP contribution in [0.3, 0.4) is 0 Å². The fourth-order valence-corrected chi connectivity index (χ4v) is 4.17. The number of nitrogens with zero attached hydrogens (tertiary/aromatic N) is 2. The van der Waals surface area contributed by atoms with Gasteiger partial charge in [0.2, 0.25) is 0 Å². The van der Waals surface area contributed by atoms with Crippen LogP contribution in [0.25, 0.3) is 28.2 Å². The minimum Gasteiger partial charge on any atom is -0.400 e. The van der Waals surface area contributed by atoms with Crippen molar-refractivity contribution in [1.29, 1.82) is 0 Å². The van der Waals surface area contributed by atoms with Crippen LogP contribution in [0.4, 0.5) is 4.39 Å². The lowest BCUT2D eigenvalue weighted by atomic mass is 10.0. The van der Waals surface area contributed by atoms with Crippen molar-refractivity contribution in [2.24, 2.45) is 0 Å². The van der Waals surface area contributed by atoms with Crippen molar-refractivity contribution in [1.82, 2.24) is 15.1 Å². The number of hydrogen-bond donors (Lipinski definition) is 2. The lowest BCUT2D eigenvalue weighted by Crippen LogP contribution is -2.01. The molecule has 3 aromatic carbocycles. The number of fused-ring (bicyclic) bond motifs is 1. The van der Waals surface area contributed by atoms with E-state index in [1.807, 2.05) is 35.9 Å². The molecule has 1 aromatic heterocycles. The summed E-state index contributed by atoms with van der Waals surface area (Å²) in [6.45, 7) is 3.74. The molecule has 0 atom stereocenters. The minimum atomic E-state index is -0.365. The first kappa shape index (κ1) is 21.2. The maximum atomic E-state index is 14.1. The fourth-order valence-electron chi connectivity index (χ4n) is 3.95. The van der Waals surface area contributed by atoms with Gasteiger partial charge in [-0.15, -0.1) is 0 Å². The van der Waals surface area contributed by atoms with Crippen LogP contribution in [-0.4, -0.2) is 22.0 Å². The zero-order valence-electron chi connectivity index (χ0n) is 17.4. The highest BCUT2D eigenvalue weighted by Gasteiger charge is 2.20.